The Balaban J connectivity index is 0.000000531. The van der Waals surface area contributed by atoms with Crippen LogP contribution >= 0.6 is 22.6 Å². The van der Waals surface area contributed by atoms with Crippen LogP contribution in [0.25, 0.3) is 0 Å². The molecule has 0 bridgehead atoms. The first-order valence-electron chi connectivity index (χ1n) is 5.22. The summed E-state index contributed by atoms with van der Waals surface area (Å²) < 4.78 is 0.832. The van der Waals surface area contributed by atoms with Crippen LogP contribution in [0, 0.1) is 5.92 Å². The monoisotopic (exact) mass is 317 g/mol. The predicted octanol–water partition coefficient (Wildman–Crippen LogP) is 2.96. The van der Waals surface area contributed by atoms with E-state index >= 15 is 0 Å². The lowest BCUT2D eigenvalue weighted by Gasteiger charge is -2.31. The third-order valence-electron chi connectivity index (χ3n) is 2.48. The number of carbonyl (C=O) groups excluding carboxylic acids is 1. The van der Waals surface area contributed by atoms with E-state index in [-0.39, 0.29) is 11.9 Å². The summed E-state index contributed by atoms with van der Waals surface area (Å²) in [6, 6.07) is 0.163. The van der Waals surface area contributed by atoms with Crippen molar-refractivity contribution in [2.45, 2.75) is 26.8 Å². The van der Waals surface area contributed by atoms with Gasteiger partial charge in [0.2, 0.25) is 0 Å². The summed E-state index contributed by atoms with van der Waals surface area (Å²) in [4.78, 5) is 11.4. The standard InChI is InChI=1S/C10H10INO.C2H6/c1-6-7-4-2-3-5-8(7)12-10(13)9(6)11;1-2/h2-5,7-8H,1H3,(H,12,13);1-2H3. The molecule has 1 amide bonds. The maximum absolute atomic E-state index is 11.4. The van der Waals surface area contributed by atoms with Crippen LogP contribution in [0.2, 0.25) is 0 Å². The smallest absolute Gasteiger partial charge is 0.257 e. The lowest BCUT2D eigenvalue weighted by atomic mass is 9.86. The fourth-order valence-corrected chi connectivity index (χ4v) is 2.21. The maximum atomic E-state index is 11.4. The molecule has 2 rings (SSSR count). The molecule has 0 aromatic carbocycles. The van der Waals surface area contributed by atoms with E-state index in [1.54, 1.807) is 0 Å². The first-order chi connectivity index (χ1) is 7.20. The molecule has 0 fully saturated rings. The van der Waals surface area contributed by atoms with Gasteiger partial charge in [0.1, 0.15) is 0 Å². The van der Waals surface area contributed by atoms with Crippen molar-refractivity contribution in [3.05, 3.63) is 33.5 Å². The Hall–Kier alpha value is -0.580. The van der Waals surface area contributed by atoms with E-state index in [9.17, 15) is 4.79 Å². The highest BCUT2D eigenvalue weighted by Gasteiger charge is 2.30. The van der Waals surface area contributed by atoms with Gasteiger partial charge in [-0.3, -0.25) is 4.79 Å². The minimum absolute atomic E-state index is 0.0549. The lowest BCUT2D eigenvalue weighted by Crippen LogP contribution is -2.43. The van der Waals surface area contributed by atoms with E-state index in [0.717, 1.165) is 3.58 Å². The normalized spacial score (nSPS) is 27.9. The van der Waals surface area contributed by atoms with Gasteiger partial charge in [0.15, 0.2) is 0 Å². The van der Waals surface area contributed by atoms with Crippen molar-refractivity contribution in [1.82, 2.24) is 5.32 Å². The molecule has 2 atom stereocenters. The molecule has 1 aliphatic carbocycles. The highest BCUT2D eigenvalue weighted by molar-refractivity contribution is 14.1. The van der Waals surface area contributed by atoms with Crippen LogP contribution < -0.4 is 5.32 Å². The van der Waals surface area contributed by atoms with E-state index in [2.05, 4.69) is 34.0 Å². The fraction of sp³-hybridized carbons (Fsp3) is 0.417. The third-order valence-corrected chi connectivity index (χ3v) is 3.82. The molecule has 1 aliphatic heterocycles. The van der Waals surface area contributed by atoms with Gasteiger partial charge in [0.25, 0.3) is 5.91 Å². The van der Waals surface area contributed by atoms with Gasteiger partial charge in [-0.05, 0) is 35.1 Å². The summed E-state index contributed by atoms with van der Waals surface area (Å²) in [5, 5.41) is 2.96. The minimum atomic E-state index is 0.0549. The van der Waals surface area contributed by atoms with Crippen LogP contribution in [0.3, 0.4) is 0 Å². The Morgan fingerprint density at radius 3 is 2.53 bits per heavy atom. The van der Waals surface area contributed by atoms with Crippen molar-refractivity contribution in [3.8, 4) is 0 Å². The van der Waals surface area contributed by atoms with E-state index in [0.29, 0.717) is 5.92 Å². The number of rotatable bonds is 0. The first-order valence-corrected chi connectivity index (χ1v) is 6.30. The molecule has 15 heavy (non-hydrogen) atoms. The maximum Gasteiger partial charge on any atom is 0.257 e. The molecule has 0 aromatic heterocycles. The summed E-state index contributed by atoms with van der Waals surface area (Å²) in [7, 11) is 0. The summed E-state index contributed by atoms with van der Waals surface area (Å²) in [5.41, 5.74) is 1.18. The quantitative estimate of drug-likeness (QED) is 0.684. The number of carbonyl (C=O) groups is 1. The van der Waals surface area contributed by atoms with Gasteiger partial charge >= 0.3 is 0 Å². The van der Waals surface area contributed by atoms with E-state index in [1.165, 1.54) is 5.57 Å². The van der Waals surface area contributed by atoms with Crippen LogP contribution in [0.4, 0.5) is 0 Å². The number of halogens is 1. The van der Waals surface area contributed by atoms with Crippen LogP contribution in [0.15, 0.2) is 33.5 Å². The molecule has 2 aliphatic rings. The van der Waals surface area contributed by atoms with Crippen LogP contribution in [0.1, 0.15) is 20.8 Å². The summed E-state index contributed by atoms with van der Waals surface area (Å²) >= 11 is 2.11. The average molecular weight is 317 g/mol. The molecule has 2 nitrogen and oxygen atoms in total. The highest BCUT2D eigenvalue weighted by Crippen LogP contribution is 2.30. The predicted molar refractivity (Wildman–Crippen MR) is 71.8 cm³/mol. The number of amides is 1. The zero-order valence-electron chi connectivity index (χ0n) is 9.25. The van der Waals surface area contributed by atoms with E-state index in [1.807, 2.05) is 39.0 Å². The number of fused-ring (bicyclic) bond motifs is 1. The van der Waals surface area contributed by atoms with Gasteiger partial charge in [0, 0.05) is 5.92 Å². The largest absolute Gasteiger partial charge is 0.345 e. The molecule has 0 saturated carbocycles. The van der Waals surface area contributed by atoms with Crippen molar-refractivity contribution < 1.29 is 4.79 Å². The molecule has 0 spiro atoms. The number of hydrogen-bond donors (Lipinski definition) is 1. The second kappa shape index (κ2) is 5.49. The summed E-state index contributed by atoms with van der Waals surface area (Å²) in [6.45, 7) is 6.03. The van der Waals surface area contributed by atoms with Crippen LogP contribution in [-0.2, 0) is 4.79 Å². The second-order valence-corrected chi connectivity index (χ2v) is 4.37. The Bertz CT molecular complexity index is 342. The molecule has 1 N–H and O–H groups in total. The molecule has 3 heteroatoms. The molecule has 0 aromatic rings. The highest BCUT2D eigenvalue weighted by atomic mass is 127. The van der Waals surface area contributed by atoms with Gasteiger partial charge in [-0.2, -0.15) is 0 Å². The molecule has 1 heterocycles. The lowest BCUT2D eigenvalue weighted by molar-refractivity contribution is -0.117. The molecular weight excluding hydrogens is 301 g/mol. The Morgan fingerprint density at radius 2 is 1.87 bits per heavy atom. The molecule has 2 unspecified atom stereocenters. The molecule has 0 saturated heterocycles. The van der Waals surface area contributed by atoms with Gasteiger partial charge in [-0.1, -0.05) is 38.2 Å². The van der Waals surface area contributed by atoms with Gasteiger partial charge in [-0.15, -0.1) is 0 Å². The minimum Gasteiger partial charge on any atom is -0.345 e. The number of nitrogens with one attached hydrogen (secondary N) is 1. The van der Waals surface area contributed by atoms with Crippen molar-refractivity contribution >= 4 is 28.5 Å². The number of allylic oxidation sites excluding steroid dienone is 2. The van der Waals surface area contributed by atoms with Crippen LogP contribution in [0.5, 0.6) is 0 Å². The third kappa shape index (κ3) is 2.51. The van der Waals surface area contributed by atoms with E-state index < -0.39 is 0 Å². The summed E-state index contributed by atoms with van der Waals surface area (Å²) in [5.74, 6) is 0.411. The van der Waals surface area contributed by atoms with Crippen molar-refractivity contribution in [3.63, 3.8) is 0 Å². The summed E-state index contributed by atoms with van der Waals surface area (Å²) in [6.07, 6.45) is 8.19. The first kappa shape index (κ1) is 12.5. The second-order valence-electron chi connectivity index (χ2n) is 3.29. The Morgan fingerprint density at radius 1 is 1.27 bits per heavy atom. The average Bonchev–Trinajstić information content (AvgIpc) is 2.29. The zero-order chi connectivity index (χ0) is 11.4. The van der Waals surface area contributed by atoms with Gasteiger partial charge in [-0.25, -0.2) is 0 Å². The fourth-order valence-electron chi connectivity index (χ4n) is 1.70. The van der Waals surface area contributed by atoms with Gasteiger partial charge in [0.05, 0.1) is 9.62 Å². The molecule has 0 radical (unpaired) electrons. The van der Waals surface area contributed by atoms with Crippen LogP contribution in [-0.4, -0.2) is 11.9 Å². The number of hydrogen-bond acceptors (Lipinski definition) is 1. The van der Waals surface area contributed by atoms with Crippen molar-refractivity contribution in [2.24, 2.45) is 5.92 Å². The Labute approximate surface area is 105 Å². The molecular formula is C12H16INO. The topological polar surface area (TPSA) is 29.1 Å². The van der Waals surface area contributed by atoms with Crippen molar-refractivity contribution in [1.29, 1.82) is 0 Å². The van der Waals surface area contributed by atoms with Crippen molar-refractivity contribution in [2.75, 3.05) is 0 Å². The SMILES string of the molecule is CC.CC1=C(I)C(=O)NC2C=CC=CC12. The van der Waals surface area contributed by atoms with E-state index in [4.69, 9.17) is 0 Å². The molecule has 82 valence electrons. The van der Waals surface area contributed by atoms with Gasteiger partial charge < -0.3 is 5.32 Å². The zero-order valence-corrected chi connectivity index (χ0v) is 11.4. The Kier molecular flexibility index (Phi) is 4.57.